The molecule has 0 aliphatic carbocycles. The molecule has 7 heteroatoms. The molecule has 0 saturated carbocycles. The van der Waals surface area contributed by atoms with E-state index in [4.69, 9.17) is 9.47 Å². The van der Waals surface area contributed by atoms with Crippen LogP contribution in [0.4, 0.5) is 0 Å². The maximum absolute atomic E-state index is 11.5. The lowest BCUT2D eigenvalue weighted by Gasteiger charge is -2.12. The Labute approximate surface area is 135 Å². The minimum Gasteiger partial charge on any atom is -0.490 e. The van der Waals surface area contributed by atoms with Crippen molar-refractivity contribution in [3.8, 4) is 5.75 Å². The number of aliphatic hydroxyl groups excluding tert-OH is 1. The number of unbranched alkanes of at least 4 members (excludes halogenated alkanes) is 1. The molecule has 0 saturated heterocycles. The van der Waals surface area contributed by atoms with Crippen molar-refractivity contribution in [3.63, 3.8) is 0 Å². The Balaban J connectivity index is 1.87. The van der Waals surface area contributed by atoms with Crippen LogP contribution in [0.3, 0.4) is 0 Å². The zero-order valence-corrected chi connectivity index (χ0v) is 13.9. The molecule has 5 nitrogen and oxygen atoms in total. The summed E-state index contributed by atoms with van der Waals surface area (Å²) in [5, 5.41) is 9.68. The second-order valence-corrected chi connectivity index (χ2v) is 6.75. The Morgan fingerprint density at radius 2 is 2.33 bits per heavy atom. The first-order valence-electron chi connectivity index (χ1n) is 6.63. The number of esters is 1. The lowest BCUT2D eigenvalue weighted by Crippen LogP contribution is -2.29. The van der Waals surface area contributed by atoms with Crippen LogP contribution in [0, 0.1) is 0 Å². The number of ether oxygens (including phenoxy) is 2. The summed E-state index contributed by atoms with van der Waals surface area (Å²) in [4.78, 5) is 15.8. The van der Waals surface area contributed by atoms with Gasteiger partial charge in [0.15, 0.2) is 10.0 Å². The SMILES string of the molecule is CCCCOC(=O)C(O)COc1ccc2nc(Br)sc2c1. The van der Waals surface area contributed by atoms with E-state index in [-0.39, 0.29) is 6.61 Å². The van der Waals surface area contributed by atoms with E-state index in [1.807, 2.05) is 19.1 Å². The van der Waals surface area contributed by atoms with E-state index in [0.29, 0.717) is 12.4 Å². The summed E-state index contributed by atoms with van der Waals surface area (Å²) in [5.74, 6) is -0.0656. The van der Waals surface area contributed by atoms with Gasteiger partial charge < -0.3 is 14.6 Å². The molecule has 2 aromatic rings. The van der Waals surface area contributed by atoms with Gasteiger partial charge in [0.2, 0.25) is 0 Å². The van der Waals surface area contributed by atoms with Crippen molar-refractivity contribution in [3.05, 3.63) is 22.1 Å². The number of nitrogens with zero attached hydrogens (tertiary/aromatic N) is 1. The van der Waals surface area contributed by atoms with Gasteiger partial charge in [-0.25, -0.2) is 9.78 Å². The number of halogens is 1. The minimum atomic E-state index is -1.27. The van der Waals surface area contributed by atoms with E-state index in [1.165, 1.54) is 11.3 Å². The molecule has 0 bridgehead atoms. The Morgan fingerprint density at radius 1 is 1.52 bits per heavy atom. The van der Waals surface area contributed by atoms with Gasteiger partial charge >= 0.3 is 5.97 Å². The lowest BCUT2D eigenvalue weighted by molar-refractivity contribution is -0.155. The van der Waals surface area contributed by atoms with Crippen molar-refractivity contribution >= 4 is 43.5 Å². The van der Waals surface area contributed by atoms with Gasteiger partial charge in [-0.15, -0.1) is 11.3 Å². The third kappa shape index (κ3) is 4.66. The van der Waals surface area contributed by atoms with Crippen LogP contribution >= 0.6 is 27.3 Å². The summed E-state index contributed by atoms with van der Waals surface area (Å²) >= 11 is 4.82. The molecule has 0 amide bonds. The molecule has 1 heterocycles. The lowest BCUT2D eigenvalue weighted by atomic mass is 10.3. The molecule has 1 aromatic heterocycles. The van der Waals surface area contributed by atoms with E-state index in [0.717, 1.165) is 27.0 Å². The number of carbonyl (C=O) groups is 1. The Hall–Kier alpha value is -1.18. The van der Waals surface area contributed by atoms with Crippen LogP contribution < -0.4 is 4.74 Å². The molecule has 114 valence electrons. The van der Waals surface area contributed by atoms with Crippen molar-refractivity contribution in [2.75, 3.05) is 13.2 Å². The highest BCUT2D eigenvalue weighted by Crippen LogP contribution is 2.29. The largest absolute Gasteiger partial charge is 0.490 e. The van der Waals surface area contributed by atoms with Gasteiger partial charge in [-0.2, -0.15) is 0 Å². The van der Waals surface area contributed by atoms with Crippen LogP contribution in [-0.4, -0.2) is 35.4 Å². The maximum atomic E-state index is 11.5. The molecule has 21 heavy (non-hydrogen) atoms. The van der Waals surface area contributed by atoms with E-state index in [2.05, 4.69) is 20.9 Å². The Bertz CT molecular complexity index is 616. The van der Waals surface area contributed by atoms with E-state index >= 15 is 0 Å². The topological polar surface area (TPSA) is 68.7 Å². The Morgan fingerprint density at radius 3 is 3.10 bits per heavy atom. The third-order valence-corrected chi connectivity index (χ3v) is 4.23. The number of carbonyl (C=O) groups excluding carboxylic acids is 1. The molecule has 1 N–H and O–H groups in total. The molecular weight excluding hydrogens is 358 g/mol. The first kappa shape index (κ1) is 16.2. The van der Waals surface area contributed by atoms with Crippen LogP contribution in [0.5, 0.6) is 5.75 Å². The number of aliphatic hydroxyl groups is 1. The summed E-state index contributed by atoms with van der Waals surface area (Å²) in [6, 6.07) is 5.41. The fraction of sp³-hybridized carbons (Fsp3) is 0.429. The first-order valence-corrected chi connectivity index (χ1v) is 8.24. The van der Waals surface area contributed by atoms with Crippen LogP contribution in [0.1, 0.15) is 19.8 Å². The minimum absolute atomic E-state index is 0.129. The van der Waals surface area contributed by atoms with E-state index in [1.54, 1.807) is 6.07 Å². The van der Waals surface area contributed by atoms with Crippen LogP contribution in [-0.2, 0) is 9.53 Å². The molecule has 2 rings (SSSR count). The van der Waals surface area contributed by atoms with Gasteiger partial charge in [0.1, 0.15) is 12.4 Å². The third-order valence-electron chi connectivity index (χ3n) is 2.76. The summed E-state index contributed by atoms with van der Waals surface area (Å²) in [5.41, 5.74) is 0.874. The van der Waals surface area contributed by atoms with Crippen molar-refractivity contribution in [1.29, 1.82) is 0 Å². The molecule has 1 unspecified atom stereocenters. The van der Waals surface area contributed by atoms with Gasteiger partial charge in [0.25, 0.3) is 0 Å². The maximum Gasteiger partial charge on any atom is 0.338 e. The highest BCUT2D eigenvalue weighted by molar-refractivity contribution is 9.11. The number of thiazole rings is 1. The summed E-state index contributed by atoms with van der Waals surface area (Å²) in [7, 11) is 0. The number of aromatic nitrogens is 1. The van der Waals surface area contributed by atoms with Gasteiger partial charge in [-0.05, 0) is 40.5 Å². The predicted molar refractivity (Wildman–Crippen MR) is 84.7 cm³/mol. The standard InChI is InChI=1S/C14H16BrNO4S/c1-2-3-6-19-13(18)11(17)8-20-9-4-5-10-12(7-9)21-14(15)16-10/h4-5,7,11,17H,2-3,6,8H2,1H3. The quantitative estimate of drug-likeness (QED) is 0.596. The summed E-state index contributed by atoms with van der Waals surface area (Å²) in [6.07, 6.45) is 0.450. The monoisotopic (exact) mass is 373 g/mol. The molecule has 0 radical (unpaired) electrons. The van der Waals surface area contributed by atoms with Crippen LogP contribution in [0.2, 0.25) is 0 Å². The molecule has 0 spiro atoms. The van der Waals surface area contributed by atoms with Crippen molar-refractivity contribution in [1.82, 2.24) is 4.98 Å². The van der Waals surface area contributed by atoms with E-state index in [9.17, 15) is 9.90 Å². The second kappa shape index (κ2) is 7.72. The molecule has 1 atom stereocenters. The summed E-state index contributed by atoms with van der Waals surface area (Å²) < 4.78 is 12.1. The van der Waals surface area contributed by atoms with Gasteiger partial charge in [-0.1, -0.05) is 13.3 Å². The number of hydrogen-bond acceptors (Lipinski definition) is 6. The fourth-order valence-corrected chi connectivity index (χ4v) is 3.06. The first-order chi connectivity index (χ1) is 10.1. The second-order valence-electron chi connectivity index (χ2n) is 4.44. The zero-order valence-electron chi connectivity index (χ0n) is 11.5. The highest BCUT2D eigenvalue weighted by atomic mass is 79.9. The normalized spacial score (nSPS) is 12.3. The number of rotatable bonds is 7. The zero-order chi connectivity index (χ0) is 15.2. The molecule has 0 aliphatic rings. The van der Waals surface area contributed by atoms with Gasteiger partial charge in [-0.3, -0.25) is 0 Å². The average molecular weight is 374 g/mol. The molecule has 1 aromatic carbocycles. The van der Waals surface area contributed by atoms with Crippen molar-refractivity contribution < 1.29 is 19.4 Å². The van der Waals surface area contributed by atoms with E-state index < -0.39 is 12.1 Å². The molecule has 0 aliphatic heterocycles. The van der Waals surface area contributed by atoms with Crippen LogP contribution in [0.15, 0.2) is 22.1 Å². The fourth-order valence-electron chi connectivity index (χ4n) is 1.62. The van der Waals surface area contributed by atoms with Gasteiger partial charge in [0, 0.05) is 0 Å². The highest BCUT2D eigenvalue weighted by Gasteiger charge is 2.17. The number of hydrogen-bond donors (Lipinski definition) is 1. The number of fused-ring (bicyclic) bond motifs is 1. The van der Waals surface area contributed by atoms with Gasteiger partial charge in [0.05, 0.1) is 16.8 Å². The smallest absolute Gasteiger partial charge is 0.338 e. The molecular formula is C14H16BrNO4S. The molecule has 0 fully saturated rings. The average Bonchev–Trinajstić information content (AvgIpc) is 2.84. The Kier molecular flexibility index (Phi) is 5.96. The van der Waals surface area contributed by atoms with Crippen molar-refractivity contribution in [2.24, 2.45) is 0 Å². The van der Waals surface area contributed by atoms with Crippen LogP contribution in [0.25, 0.3) is 10.2 Å². The predicted octanol–water partition coefficient (Wildman–Crippen LogP) is 3.14. The summed E-state index contributed by atoms with van der Waals surface area (Å²) in [6.45, 7) is 2.20. The number of benzene rings is 1. The van der Waals surface area contributed by atoms with Crippen molar-refractivity contribution in [2.45, 2.75) is 25.9 Å².